The van der Waals surface area contributed by atoms with Gasteiger partial charge in [0.15, 0.2) is 5.82 Å². The Balaban J connectivity index is 1.30. The second kappa shape index (κ2) is 6.90. The maximum Gasteiger partial charge on any atom is 0.228 e. The number of ether oxygens (including phenoxy) is 1. The highest BCUT2D eigenvalue weighted by molar-refractivity contribution is 5.79. The molecule has 3 aliphatic heterocycles. The molecular formula is C19H28N4O2. The number of carbonyl (C=O) groups is 1. The van der Waals surface area contributed by atoms with Gasteiger partial charge in [-0.3, -0.25) is 4.79 Å². The van der Waals surface area contributed by atoms with Crippen molar-refractivity contribution in [2.75, 3.05) is 44.3 Å². The molecule has 1 amide bonds. The standard InChI is InChI=1S/C19H28N4O2/c1-15-2-3-17(21-20-15)22-9-5-19(6-10-22)7-11-23(12-8-19)18(24)16-4-13-25-14-16/h2-3,16H,4-14H2,1H3/t16-/m0/s1. The van der Waals surface area contributed by atoms with Crippen LogP contribution >= 0.6 is 0 Å². The highest BCUT2D eigenvalue weighted by Gasteiger charge is 2.40. The minimum Gasteiger partial charge on any atom is -0.381 e. The number of likely N-dealkylation sites (tertiary alicyclic amines) is 1. The van der Waals surface area contributed by atoms with Gasteiger partial charge in [-0.1, -0.05) is 0 Å². The lowest BCUT2D eigenvalue weighted by atomic mass is 9.71. The molecule has 136 valence electrons. The molecular weight excluding hydrogens is 316 g/mol. The normalized spacial score (nSPS) is 26.2. The minimum atomic E-state index is 0.107. The highest BCUT2D eigenvalue weighted by Crippen LogP contribution is 2.42. The molecule has 6 nitrogen and oxygen atoms in total. The Morgan fingerprint density at radius 2 is 1.84 bits per heavy atom. The molecule has 3 aliphatic rings. The number of anilines is 1. The zero-order valence-corrected chi connectivity index (χ0v) is 15.1. The van der Waals surface area contributed by atoms with Gasteiger partial charge in [-0.25, -0.2) is 0 Å². The van der Waals surface area contributed by atoms with Gasteiger partial charge in [0.1, 0.15) is 0 Å². The van der Waals surface area contributed by atoms with Crippen molar-refractivity contribution in [2.24, 2.45) is 11.3 Å². The van der Waals surface area contributed by atoms with Crippen molar-refractivity contribution in [3.63, 3.8) is 0 Å². The van der Waals surface area contributed by atoms with Crippen LogP contribution in [0.2, 0.25) is 0 Å². The molecule has 0 bridgehead atoms. The Bertz CT molecular complexity index is 594. The first-order chi connectivity index (χ1) is 12.2. The van der Waals surface area contributed by atoms with Crippen LogP contribution in [-0.4, -0.2) is 60.4 Å². The lowest BCUT2D eigenvalue weighted by Crippen LogP contribution is -2.49. The minimum absolute atomic E-state index is 0.107. The van der Waals surface area contributed by atoms with E-state index < -0.39 is 0 Å². The molecule has 4 rings (SSSR count). The van der Waals surface area contributed by atoms with Crippen molar-refractivity contribution in [1.29, 1.82) is 0 Å². The number of hydrogen-bond acceptors (Lipinski definition) is 5. The Morgan fingerprint density at radius 1 is 1.12 bits per heavy atom. The van der Waals surface area contributed by atoms with Gasteiger partial charge in [-0.2, -0.15) is 5.10 Å². The van der Waals surface area contributed by atoms with Crippen LogP contribution in [-0.2, 0) is 9.53 Å². The number of nitrogens with zero attached hydrogens (tertiary/aromatic N) is 4. The fourth-order valence-corrected chi connectivity index (χ4v) is 4.46. The van der Waals surface area contributed by atoms with E-state index in [4.69, 9.17) is 4.74 Å². The second-order valence-electron chi connectivity index (χ2n) is 7.91. The first-order valence-corrected chi connectivity index (χ1v) is 9.57. The first kappa shape index (κ1) is 16.8. The average molecular weight is 344 g/mol. The van der Waals surface area contributed by atoms with Crippen LogP contribution in [0.4, 0.5) is 5.82 Å². The Morgan fingerprint density at radius 3 is 2.44 bits per heavy atom. The molecule has 0 unspecified atom stereocenters. The van der Waals surface area contributed by atoms with Gasteiger partial charge in [0.05, 0.1) is 18.2 Å². The molecule has 0 aromatic carbocycles. The van der Waals surface area contributed by atoms with E-state index in [1.807, 2.05) is 13.0 Å². The number of aromatic nitrogens is 2. The van der Waals surface area contributed by atoms with E-state index in [0.717, 1.165) is 63.6 Å². The maximum absolute atomic E-state index is 12.6. The molecule has 0 radical (unpaired) electrons. The van der Waals surface area contributed by atoms with Crippen molar-refractivity contribution in [1.82, 2.24) is 15.1 Å². The summed E-state index contributed by atoms with van der Waals surface area (Å²) in [6.07, 6.45) is 5.56. The molecule has 1 aromatic rings. The largest absolute Gasteiger partial charge is 0.381 e. The Hall–Kier alpha value is -1.69. The van der Waals surface area contributed by atoms with Crippen LogP contribution < -0.4 is 4.90 Å². The topological polar surface area (TPSA) is 58.6 Å². The summed E-state index contributed by atoms with van der Waals surface area (Å²) < 4.78 is 5.38. The van der Waals surface area contributed by atoms with Crippen LogP contribution in [0.25, 0.3) is 0 Å². The summed E-state index contributed by atoms with van der Waals surface area (Å²) in [7, 11) is 0. The molecule has 0 saturated carbocycles. The summed E-state index contributed by atoms with van der Waals surface area (Å²) >= 11 is 0. The van der Waals surface area contributed by atoms with E-state index in [1.54, 1.807) is 0 Å². The Kier molecular flexibility index (Phi) is 4.63. The summed E-state index contributed by atoms with van der Waals surface area (Å²) in [4.78, 5) is 17.0. The third kappa shape index (κ3) is 3.50. The van der Waals surface area contributed by atoms with Gasteiger partial charge in [0.2, 0.25) is 5.91 Å². The zero-order valence-electron chi connectivity index (χ0n) is 15.1. The van der Waals surface area contributed by atoms with E-state index in [2.05, 4.69) is 26.1 Å². The van der Waals surface area contributed by atoms with Gasteiger partial charge in [-0.05, 0) is 56.6 Å². The summed E-state index contributed by atoms with van der Waals surface area (Å²) in [5.74, 6) is 1.42. The van der Waals surface area contributed by atoms with Crippen LogP contribution in [0.1, 0.15) is 37.8 Å². The van der Waals surface area contributed by atoms with E-state index in [-0.39, 0.29) is 5.92 Å². The van der Waals surface area contributed by atoms with E-state index in [0.29, 0.717) is 17.9 Å². The molecule has 1 aromatic heterocycles. The van der Waals surface area contributed by atoms with Crippen molar-refractivity contribution in [2.45, 2.75) is 39.0 Å². The van der Waals surface area contributed by atoms with Gasteiger partial charge in [-0.15, -0.1) is 5.10 Å². The molecule has 4 heterocycles. The van der Waals surface area contributed by atoms with E-state index >= 15 is 0 Å². The van der Waals surface area contributed by atoms with Gasteiger partial charge in [0.25, 0.3) is 0 Å². The van der Waals surface area contributed by atoms with Crippen LogP contribution in [0, 0.1) is 18.3 Å². The Labute approximate surface area is 149 Å². The number of amides is 1. The van der Waals surface area contributed by atoms with Crippen molar-refractivity contribution >= 4 is 11.7 Å². The molecule has 3 fully saturated rings. The molecule has 0 N–H and O–H groups in total. The highest BCUT2D eigenvalue weighted by atomic mass is 16.5. The van der Waals surface area contributed by atoms with E-state index in [1.165, 1.54) is 12.8 Å². The molecule has 3 saturated heterocycles. The second-order valence-corrected chi connectivity index (χ2v) is 7.91. The monoisotopic (exact) mass is 344 g/mol. The zero-order chi connectivity index (χ0) is 17.3. The summed E-state index contributed by atoms with van der Waals surface area (Å²) in [6.45, 7) is 7.25. The van der Waals surface area contributed by atoms with Crippen molar-refractivity contribution in [3.8, 4) is 0 Å². The molecule has 6 heteroatoms. The SMILES string of the molecule is Cc1ccc(N2CCC3(CCN(C(=O)[C@H]4CCOC4)CC3)CC2)nn1. The molecule has 1 spiro atoms. The smallest absolute Gasteiger partial charge is 0.228 e. The third-order valence-electron chi connectivity index (χ3n) is 6.35. The van der Waals surface area contributed by atoms with E-state index in [9.17, 15) is 4.79 Å². The number of rotatable bonds is 2. The van der Waals surface area contributed by atoms with Gasteiger partial charge in [0, 0.05) is 32.8 Å². The third-order valence-corrected chi connectivity index (χ3v) is 6.35. The number of piperidine rings is 2. The number of carbonyl (C=O) groups excluding carboxylic acids is 1. The van der Waals surface area contributed by atoms with Crippen molar-refractivity contribution < 1.29 is 9.53 Å². The summed E-state index contributed by atoms with van der Waals surface area (Å²) in [6, 6.07) is 4.11. The van der Waals surface area contributed by atoms with Crippen LogP contribution in [0.15, 0.2) is 12.1 Å². The van der Waals surface area contributed by atoms with Gasteiger partial charge < -0.3 is 14.5 Å². The van der Waals surface area contributed by atoms with Gasteiger partial charge >= 0.3 is 0 Å². The summed E-state index contributed by atoms with van der Waals surface area (Å²) in [5.41, 5.74) is 1.37. The van der Waals surface area contributed by atoms with Crippen LogP contribution in [0.3, 0.4) is 0 Å². The lowest BCUT2D eigenvalue weighted by molar-refractivity contribution is -0.138. The number of aryl methyl sites for hydroxylation is 1. The molecule has 1 atom stereocenters. The summed E-state index contributed by atoms with van der Waals surface area (Å²) in [5, 5.41) is 8.51. The quantitative estimate of drug-likeness (QED) is 0.822. The number of hydrogen-bond donors (Lipinski definition) is 0. The first-order valence-electron chi connectivity index (χ1n) is 9.57. The van der Waals surface area contributed by atoms with Crippen LogP contribution in [0.5, 0.6) is 0 Å². The predicted molar refractivity (Wildman–Crippen MR) is 95.4 cm³/mol. The maximum atomic E-state index is 12.6. The fraction of sp³-hybridized carbons (Fsp3) is 0.737. The lowest BCUT2D eigenvalue weighted by Gasteiger charge is -2.47. The van der Waals surface area contributed by atoms with Crippen molar-refractivity contribution in [3.05, 3.63) is 17.8 Å². The molecule has 25 heavy (non-hydrogen) atoms. The predicted octanol–water partition coefficient (Wildman–Crippen LogP) is 2.03. The average Bonchev–Trinajstić information content (AvgIpc) is 3.18. The molecule has 0 aliphatic carbocycles. The fourth-order valence-electron chi connectivity index (χ4n) is 4.46.